The lowest BCUT2D eigenvalue weighted by Crippen LogP contribution is -2.39. The highest BCUT2D eigenvalue weighted by Crippen LogP contribution is 2.32. The molecule has 0 saturated carbocycles. The summed E-state index contributed by atoms with van der Waals surface area (Å²) >= 11 is 5.27. The lowest BCUT2D eigenvalue weighted by atomic mass is 9.92. The van der Waals surface area contributed by atoms with Crippen molar-refractivity contribution in [3.8, 4) is 11.3 Å². The van der Waals surface area contributed by atoms with Gasteiger partial charge in [-0.2, -0.15) is 18.2 Å². The van der Waals surface area contributed by atoms with E-state index >= 15 is 0 Å². The van der Waals surface area contributed by atoms with Gasteiger partial charge in [0, 0.05) is 24.7 Å². The number of thiocarbonyl (C=S) groups is 1. The zero-order valence-corrected chi connectivity index (χ0v) is 19.7. The molecule has 1 saturated heterocycles. The summed E-state index contributed by atoms with van der Waals surface area (Å²) in [4.78, 5) is 9.86. The molecule has 0 spiro atoms. The summed E-state index contributed by atoms with van der Waals surface area (Å²) in [6.07, 6.45) is -3.57. The molecule has 2 atom stereocenters. The second-order valence-corrected chi connectivity index (χ2v) is 9.13. The quantitative estimate of drug-likeness (QED) is 0.444. The first kappa shape index (κ1) is 24.0. The van der Waals surface area contributed by atoms with E-state index in [4.69, 9.17) is 16.6 Å². The highest BCUT2D eigenvalue weighted by molar-refractivity contribution is 7.80. The fourth-order valence-corrected chi connectivity index (χ4v) is 4.35. The number of hydrogen-bond donors (Lipinski definition) is 2. The number of aromatic nitrogens is 2. The molecule has 3 aromatic rings. The zero-order chi connectivity index (χ0) is 24.3. The summed E-state index contributed by atoms with van der Waals surface area (Å²) in [6.45, 7) is 5.72. The minimum absolute atomic E-state index is 0.100. The number of furan rings is 1. The number of rotatable bonds is 5. The fraction of sp³-hybridized carbons (Fsp3) is 0.375. The number of benzene rings is 1. The molecule has 6 nitrogen and oxygen atoms in total. The Hall–Kier alpha value is -3.14. The van der Waals surface area contributed by atoms with E-state index in [1.54, 1.807) is 0 Å². The Bertz CT molecular complexity index is 1130. The van der Waals surface area contributed by atoms with E-state index in [1.165, 1.54) is 0 Å². The predicted octanol–water partition coefficient (Wildman–Crippen LogP) is 5.72. The molecule has 0 radical (unpaired) electrons. The van der Waals surface area contributed by atoms with Gasteiger partial charge < -0.3 is 20.0 Å². The Labute approximate surface area is 201 Å². The van der Waals surface area contributed by atoms with Crippen molar-refractivity contribution in [2.45, 2.75) is 33.0 Å². The van der Waals surface area contributed by atoms with Gasteiger partial charge in [-0.1, -0.05) is 44.2 Å². The van der Waals surface area contributed by atoms with Gasteiger partial charge in [0.2, 0.25) is 5.95 Å². The molecule has 0 aliphatic carbocycles. The number of piperidine rings is 1. The molecule has 0 bridgehead atoms. The molecule has 1 aromatic carbocycles. The van der Waals surface area contributed by atoms with E-state index < -0.39 is 11.9 Å². The van der Waals surface area contributed by atoms with Gasteiger partial charge in [-0.3, -0.25) is 0 Å². The Morgan fingerprint density at radius 1 is 1.09 bits per heavy atom. The highest BCUT2D eigenvalue weighted by atomic mass is 32.1. The number of hydrogen-bond acceptors (Lipinski definition) is 5. The second kappa shape index (κ2) is 10.0. The van der Waals surface area contributed by atoms with Crippen LogP contribution in [0.5, 0.6) is 0 Å². The third-order valence-corrected chi connectivity index (χ3v) is 5.81. The molecule has 1 aliphatic rings. The standard InChI is InChI=1S/C24H26F3N5OS/c1-15-10-16(2)14-32(13-15)21-11-20(24(25,26)27)29-22(30-21)31-23(34)28-12-18-8-9-19(33-18)17-6-4-3-5-7-17/h3-9,11,15-16H,10,12-14H2,1-2H3,(H2,28,29,30,31,34). The topological polar surface area (TPSA) is 66.2 Å². The molecule has 0 amide bonds. The van der Waals surface area contributed by atoms with Crippen LogP contribution in [0.1, 0.15) is 31.7 Å². The van der Waals surface area contributed by atoms with E-state index in [0.29, 0.717) is 36.4 Å². The van der Waals surface area contributed by atoms with Crippen molar-refractivity contribution in [1.82, 2.24) is 15.3 Å². The average Bonchev–Trinajstić information content (AvgIpc) is 3.26. The summed E-state index contributed by atoms with van der Waals surface area (Å²) in [5.41, 5.74) is -0.0621. The number of nitrogens with zero attached hydrogens (tertiary/aromatic N) is 3. The van der Waals surface area contributed by atoms with Crippen LogP contribution in [0.25, 0.3) is 11.3 Å². The van der Waals surface area contributed by atoms with Crippen LogP contribution in [-0.2, 0) is 12.7 Å². The van der Waals surface area contributed by atoms with Crippen LogP contribution >= 0.6 is 12.2 Å². The van der Waals surface area contributed by atoms with Crippen molar-refractivity contribution in [3.05, 3.63) is 60.0 Å². The van der Waals surface area contributed by atoms with E-state index in [0.717, 1.165) is 18.1 Å². The molecule has 2 N–H and O–H groups in total. The second-order valence-electron chi connectivity index (χ2n) is 8.72. The Kier molecular flexibility index (Phi) is 7.06. The van der Waals surface area contributed by atoms with Gasteiger partial charge in [0.15, 0.2) is 10.8 Å². The molecule has 1 aliphatic heterocycles. The highest BCUT2D eigenvalue weighted by Gasteiger charge is 2.35. The van der Waals surface area contributed by atoms with Crippen LogP contribution in [0.3, 0.4) is 0 Å². The van der Waals surface area contributed by atoms with Crippen LogP contribution in [-0.4, -0.2) is 28.2 Å². The summed E-state index contributed by atoms with van der Waals surface area (Å²) in [7, 11) is 0. The minimum atomic E-state index is -4.60. The first-order chi connectivity index (χ1) is 16.2. The molecular weight excluding hydrogens is 463 g/mol. The molecule has 2 aromatic heterocycles. The summed E-state index contributed by atoms with van der Waals surface area (Å²) in [5, 5.41) is 5.73. The Balaban J connectivity index is 1.45. The van der Waals surface area contributed by atoms with E-state index in [1.807, 2.05) is 47.4 Å². The number of halogens is 3. The van der Waals surface area contributed by atoms with Crippen LogP contribution in [0.4, 0.5) is 24.9 Å². The smallest absolute Gasteiger partial charge is 0.433 e. The fourth-order valence-electron chi connectivity index (χ4n) is 4.19. The molecule has 1 fully saturated rings. The van der Waals surface area contributed by atoms with Crippen molar-refractivity contribution < 1.29 is 17.6 Å². The largest absolute Gasteiger partial charge is 0.459 e. The lowest BCUT2D eigenvalue weighted by Gasteiger charge is -2.36. The summed E-state index contributed by atoms with van der Waals surface area (Å²) in [6, 6.07) is 14.3. The zero-order valence-electron chi connectivity index (χ0n) is 18.9. The maximum atomic E-state index is 13.5. The number of alkyl halides is 3. The third-order valence-electron chi connectivity index (χ3n) is 5.56. The molecule has 4 rings (SSSR count). The normalized spacial score (nSPS) is 18.6. The molecule has 3 heterocycles. The van der Waals surface area contributed by atoms with Crippen LogP contribution < -0.4 is 15.5 Å². The van der Waals surface area contributed by atoms with E-state index in [2.05, 4.69) is 34.4 Å². The average molecular weight is 490 g/mol. The van der Waals surface area contributed by atoms with Gasteiger partial charge in [0.25, 0.3) is 0 Å². The number of anilines is 2. The molecule has 180 valence electrons. The number of nitrogens with one attached hydrogen (secondary N) is 2. The Morgan fingerprint density at radius 2 is 1.79 bits per heavy atom. The third kappa shape index (κ3) is 6.05. The van der Waals surface area contributed by atoms with Crippen molar-refractivity contribution in [1.29, 1.82) is 0 Å². The van der Waals surface area contributed by atoms with Gasteiger partial charge in [-0.25, -0.2) is 4.98 Å². The van der Waals surface area contributed by atoms with Gasteiger partial charge in [-0.05, 0) is 42.6 Å². The first-order valence-electron chi connectivity index (χ1n) is 11.1. The monoisotopic (exact) mass is 489 g/mol. The minimum Gasteiger partial charge on any atom is -0.459 e. The van der Waals surface area contributed by atoms with Gasteiger partial charge in [-0.15, -0.1) is 0 Å². The van der Waals surface area contributed by atoms with Crippen molar-refractivity contribution in [2.24, 2.45) is 11.8 Å². The van der Waals surface area contributed by atoms with Gasteiger partial charge in [0.1, 0.15) is 17.3 Å². The van der Waals surface area contributed by atoms with Crippen LogP contribution in [0.15, 0.2) is 52.9 Å². The van der Waals surface area contributed by atoms with Crippen LogP contribution in [0.2, 0.25) is 0 Å². The van der Waals surface area contributed by atoms with Gasteiger partial charge in [0.05, 0.1) is 6.54 Å². The lowest BCUT2D eigenvalue weighted by molar-refractivity contribution is -0.141. The summed E-state index contributed by atoms with van der Waals surface area (Å²) < 4.78 is 46.4. The van der Waals surface area contributed by atoms with Crippen molar-refractivity contribution in [2.75, 3.05) is 23.3 Å². The maximum absolute atomic E-state index is 13.5. The SMILES string of the molecule is CC1CC(C)CN(c2cc(C(F)(F)F)nc(NC(=S)NCc3ccc(-c4ccccc4)o3)n2)C1. The maximum Gasteiger partial charge on any atom is 0.433 e. The molecule has 2 unspecified atom stereocenters. The Morgan fingerprint density at radius 3 is 2.47 bits per heavy atom. The summed E-state index contributed by atoms with van der Waals surface area (Å²) in [5.74, 6) is 2.11. The predicted molar refractivity (Wildman–Crippen MR) is 129 cm³/mol. The molecule has 34 heavy (non-hydrogen) atoms. The van der Waals surface area contributed by atoms with Gasteiger partial charge >= 0.3 is 6.18 Å². The van der Waals surface area contributed by atoms with Crippen LogP contribution in [0, 0.1) is 11.8 Å². The first-order valence-corrected chi connectivity index (χ1v) is 11.5. The van der Waals surface area contributed by atoms with E-state index in [-0.39, 0.29) is 23.4 Å². The van der Waals surface area contributed by atoms with Crippen molar-refractivity contribution in [3.63, 3.8) is 0 Å². The van der Waals surface area contributed by atoms with E-state index in [9.17, 15) is 13.2 Å². The molecular formula is C24H26F3N5OS. The molecule has 10 heteroatoms. The van der Waals surface area contributed by atoms with Crippen molar-refractivity contribution >= 4 is 29.1 Å².